The number of nitrogens with one attached hydrogen (secondary N) is 2. The normalized spacial score (nSPS) is 20.6. The molecule has 2 N–H and O–H groups in total. The molecule has 4 nitrogen and oxygen atoms in total. The van der Waals surface area contributed by atoms with Crippen LogP contribution in [-0.2, 0) is 17.6 Å². The zero-order valence-corrected chi connectivity index (χ0v) is 17.7. The van der Waals surface area contributed by atoms with Crippen molar-refractivity contribution >= 4 is 28.2 Å². The average molecular weight is 377 g/mol. The van der Waals surface area contributed by atoms with Crippen molar-refractivity contribution in [1.29, 1.82) is 0 Å². The van der Waals surface area contributed by atoms with Gasteiger partial charge in [0.15, 0.2) is 0 Å². The predicted octanol–water partition coefficient (Wildman–Crippen LogP) is 4.63. The van der Waals surface area contributed by atoms with Crippen LogP contribution >= 0.6 is 11.3 Å². The molecule has 0 radical (unpaired) electrons. The summed E-state index contributed by atoms with van der Waals surface area (Å²) in [7, 11) is 0. The number of anilines is 1. The second-order valence-electron chi connectivity index (χ2n) is 9.38. The summed E-state index contributed by atoms with van der Waals surface area (Å²) in [4.78, 5) is 27.1. The quantitative estimate of drug-likeness (QED) is 0.787. The van der Waals surface area contributed by atoms with Crippen LogP contribution in [0.1, 0.15) is 75.2 Å². The van der Waals surface area contributed by atoms with Crippen LogP contribution in [0.15, 0.2) is 0 Å². The second-order valence-corrected chi connectivity index (χ2v) is 10.5. The summed E-state index contributed by atoms with van der Waals surface area (Å²) in [6, 6.07) is 0. The molecule has 144 valence electrons. The molecular weight excluding hydrogens is 344 g/mol. The van der Waals surface area contributed by atoms with Crippen LogP contribution < -0.4 is 10.6 Å². The van der Waals surface area contributed by atoms with Gasteiger partial charge in [0.25, 0.3) is 5.91 Å². The van der Waals surface area contributed by atoms with Gasteiger partial charge in [0.05, 0.1) is 5.56 Å². The van der Waals surface area contributed by atoms with Gasteiger partial charge in [0.2, 0.25) is 5.91 Å². The third-order valence-electron chi connectivity index (χ3n) is 6.59. The highest BCUT2D eigenvalue weighted by molar-refractivity contribution is 7.17. The molecule has 0 aliphatic heterocycles. The van der Waals surface area contributed by atoms with E-state index in [1.165, 1.54) is 4.88 Å². The molecule has 0 unspecified atom stereocenters. The first kappa shape index (κ1) is 19.4. The molecule has 0 aromatic carbocycles. The molecule has 0 saturated heterocycles. The minimum Gasteiger partial charge on any atom is -0.352 e. The first-order chi connectivity index (χ1) is 12.1. The van der Waals surface area contributed by atoms with Crippen molar-refractivity contribution in [2.24, 2.45) is 22.7 Å². The lowest BCUT2D eigenvalue weighted by atomic mass is 9.95. The highest BCUT2D eigenvalue weighted by Gasteiger charge is 2.68. The molecule has 0 bridgehead atoms. The zero-order chi connectivity index (χ0) is 19.3. The fraction of sp³-hybridized carbons (Fsp3) is 0.714. The van der Waals surface area contributed by atoms with Crippen LogP contribution in [0.25, 0.3) is 0 Å². The summed E-state index contributed by atoms with van der Waals surface area (Å²) < 4.78 is 0. The van der Waals surface area contributed by atoms with Gasteiger partial charge in [-0.1, -0.05) is 41.5 Å². The van der Waals surface area contributed by atoms with E-state index in [-0.39, 0.29) is 28.6 Å². The molecular formula is C21H32N2O2S. The maximum absolute atomic E-state index is 12.9. The second kappa shape index (κ2) is 6.66. The molecule has 2 aliphatic rings. The number of hydrogen-bond acceptors (Lipinski definition) is 3. The lowest BCUT2D eigenvalue weighted by Gasteiger charge is -2.14. The van der Waals surface area contributed by atoms with E-state index < -0.39 is 0 Å². The number of fused-ring (bicyclic) bond motifs is 1. The Labute approximate surface area is 161 Å². The van der Waals surface area contributed by atoms with Crippen LogP contribution in [0.4, 0.5) is 5.00 Å². The molecule has 1 saturated carbocycles. The largest absolute Gasteiger partial charge is 0.352 e. The van der Waals surface area contributed by atoms with Crippen molar-refractivity contribution in [2.45, 2.75) is 67.2 Å². The fourth-order valence-corrected chi connectivity index (χ4v) is 5.60. The van der Waals surface area contributed by atoms with Crippen molar-refractivity contribution < 1.29 is 9.59 Å². The average Bonchev–Trinajstić information content (AvgIpc) is 2.81. The molecule has 2 amide bonds. The Morgan fingerprint density at radius 1 is 1.12 bits per heavy atom. The number of thiophene rings is 1. The van der Waals surface area contributed by atoms with Gasteiger partial charge in [0.1, 0.15) is 5.00 Å². The van der Waals surface area contributed by atoms with Crippen molar-refractivity contribution in [3.05, 3.63) is 16.0 Å². The molecule has 1 aromatic rings. The summed E-state index contributed by atoms with van der Waals surface area (Å²) in [5.41, 5.74) is 1.87. The number of aryl methyl sites for hydroxylation is 1. The summed E-state index contributed by atoms with van der Waals surface area (Å²) in [5.74, 6) is 0.402. The van der Waals surface area contributed by atoms with Gasteiger partial charge in [-0.3, -0.25) is 9.59 Å². The molecule has 1 aromatic heterocycles. The van der Waals surface area contributed by atoms with Gasteiger partial charge in [0, 0.05) is 17.3 Å². The third kappa shape index (κ3) is 3.19. The zero-order valence-electron chi connectivity index (χ0n) is 16.9. The molecule has 0 spiro atoms. The van der Waals surface area contributed by atoms with E-state index in [4.69, 9.17) is 0 Å². The lowest BCUT2D eigenvalue weighted by Crippen LogP contribution is -2.29. The van der Waals surface area contributed by atoms with Crippen LogP contribution in [0, 0.1) is 22.7 Å². The Hall–Kier alpha value is -1.36. The summed E-state index contributed by atoms with van der Waals surface area (Å²) in [6.07, 6.45) is 4.23. The number of amides is 2. The van der Waals surface area contributed by atoms with Crippen molar-refractivity contribution in [2.75, 3.05) is 11.9 Å². The Bertz CT molecular complexity index is 717. The standard InChI is InChI=1S/C21H32N2O2S/c1-12(2)11-22-17(24)15-13-9-7-8-10-14(13)26-19(15)23-18(25)16-20(3,4)21(16,5)6/h12,16H,7-11H2,1-6H3,(H,22,24)(H,23,25). The minimum atomic E-state index is -0.0392. The Balaban J connectivity index is 1.86. The SMILES string of the molecule is CC(C)CNC(=O)c1c(NC(=O)C2C(C)(C)C2(C)C)sc2c1CCCC2. The van der Waals surface area contributed by atoms with Crippen LogP contribution in [0.3, 0.4) is 0 Å². The van der Waals surface area contributed by atoms with E-state index in [2.05, 4.69) is 52.2 Å². The van der Waals surface area contributed by atoms with Gasteiger partial charge >= 0.3 is 0 Å². The molecule has 5 heteroatoms. The third-order valence-corrected chi connectivity index (χ3v) is 7.80. The predicted molar refractivity (Wildman–Crippen MR) is 108 cm³/mol. The summed E-state index contributed by atoms with van der Waals surface area (Å²) in [5, 5.41) is 6.92. The number of hydrogen-bond donors (Lipinski definition) is 2. The lowest BCUT2D eigenvalue weighted by molar-refractivity contribution is -0.118. The number of carbonyl (C=O) groups is 2. The van der Waals surface area contributed by atoms with E-state index in [0.29, 0.717) is 12.5 Å². The van der Waals surface area contributed by atoms with Gasteiger partial charge in [-0.15, -0.1) is 11.3 Å². The first-order valence-electron chi connectivity index (χ1n) is 9.81. The van der Waals surface area contributed by atoms with E-state index in [0.717, 1.165) is 41.8 Å². The Morgan fingerprint density at radius 2 is 1.73 bits per heavy atom. The van der Waals surface area contributed by atoms with Crippen LogP contribution in [-0.4, -0.2) is 18.4 Å². The van der Waals surface area contributed by atoms with Gasteiger partial charge in [-0.2, -0.15) is 0 Å². The topological polar surface area (TPSA) is 58.2 Å². The highest BCUT2D eigenvalue weighted by Crippen LogP contribution is 2.68. The van der Waals surface area contributed by atoms with E-state index in [9.17, 15) is 9.59 Å². The monoisotopic (exact) mass is 376 g/mol. The smallest absolute Gasteiger partial charge is 0.254 e. The van der Waals surface area contributed by atoms with E-state index in [1.807, 2.05) is 0 Å². The van der Waals surface area contributed by atoms with Gasteiger partial charge in [-0.05, 0) is 48.0 Å². The van der Waals surface area contributed by atoms with Crippen LogP contribution in [0.2, 0.25) is 0 Å². The molecule has 26 heavy (non-hydrogen) atoms. The van der Waals surface area contributed by atoms with Crippen molar-refractivity contribution in [3.63, 3.8) is 0 Å². The van der Waals surface area contributed by atoms with Crippen molar-refractivity contribution in [1.82, 2.24) is 5.32 Å². The number of carbonyl (C=O) groups excluding carboxylic acids is 2. The molecule has 1 heterocycles. The van der Waals surface area contributed by atoms with E-state index in [1.54, 1.807) is 11.3 Å². The Kier molecular flexibility index (Phi) is 4.97. The van der Waals surface area contributed by atoms with Gasteiger partial charge < -0.3 is 10.6 Å². The fourth-order valence-electron chi connectivity index (χ4n) is 4.32. The van der Waals surface area contributed by atoms with E-state index >= 15 is 0 Å². The highest BCUT2D eigenvalue weighted by atomic mass is 32.1. The molecule has 2 aliphatic carbocycles. The molecule has 1 fully saturated rings. The molecule has 0 atom stereocenters. The van der Waals surface area contributed by atoms with Gasteiger partial charge in [-0.25, -0.2) is 0 Å². The molecule has 3 rings (SSSR count). The van der Waals surface area contributed by atoms with Crippen LogP contribution in [0.5, 0.6) is 0 Å². The van der Waals surface area contributed by atoms with Crippen molar-refractivity contribution in [3.8, 4) is 0 Å². The maximum atomic E-state index is 12.9. The number of rotatable bonds is 5. The summed E-state index contributed by atoms with van der Waals surface area (Å²) in [6.45, 7) is 13.4. The minimum absolute atomic E-state index is 0.00593. The Morgan fingerprint density at radius 3 is 2.31 bits per heavy atom. The maximum Gasteiger partial charge on any atom is 0.254 e. The first-order valence-corrected chi connectivity index (χ1v) is 10.6. The summed E-state index contributed by atoms with van der Waals surface area (Å²) >= 11 is 1.61.